The van der Waals surface area contributed by atoms with Crippen LogP contribution in [-0.2, 0) is 6.42 Å². The molecule has 1 atom stereocenters. The van der Waals surface area contributed by atoms with Gasteiger partial charge in [-0.25, -0.2) is 8.78 Å². The third-order valence-electron chi connectivity index (χ3n) is 5.84. The van der Waals surface area contributed by atoms with Gasteiger partial charge in [0.1, 0.15) is 5.75 Å². The van der Waals surface area contributed by atoms with Crippen LogP contribution in [0.1, 0.15) is 95.2 Å². The van der Waals surface area contributed by atoms with Crippen LogP contribution < -0.4 is 4.74 Å². The summed E-state index contributed by atoms with van der Waals surface area (Å²) in [4.78, 5) is 0. The second kappa shape index (κ2) is 14.7. The van der Waals surface area contributed by atoms with Gasteiger partial charge in [0, 0.05) is 5.56 Å². The molecule has 1 nitrogen and oxygen atoms in total. The lowest BCUT2D eigenvalue weighted by Gasteiger charge is -2.12. The second-order valence-electron chi connectivity index (χ2n) is 8.72. The first-order chi connectivity index (χ1) is 15.5. The SMILES string of the molecule is CCCCCCC(C)CCOc1ccc(C#Cc2ccc(CCCCC)c(F)c2F)cc1. The number of halogens is 2. The summed E-state index contributed by atoms with van der Waals surface area (Å²) in [5.74, 6) is 5.55. The zero-order valence-corrected chi connectivity index (χ0v) is 20.0. The van der Waals surface area contributed by atoms with Crippen molar-refractivity contribution in [3.63, 3.8) is 0 Å². The van der Waals surface area contributed by atoms with E-state index < -0.39 is 11.6 Å². The lowest BCUT2D eigenvalue weighted by Crippen LogP contribution is -2.04. The van der Waals surface area contributed by atoms with Gasteiger partial charge in [-0.3, -0.25) is 0 Å². The normalized spacial score (nSPS) is 11.7. The predicted molar refractivity (Wildman–Crippen MR) is 130 cm³/mol. The third-order valence-corrected chi connectivity index (χ3v) is 5.84. The summed E-state index contributed by atoms with van der Waals surface area (Å²) >= 11 is 0. The molecule has 0 saturated carbocycles. The van der Waals surface area contributed by atoms with E-state index in [0.29, 0.717) is 24.5 Å². The number of unbranched alkanes of at least 4 members (excludes halogenated alkanes) is 5. The molecule has 0 aromatic heterocycles. The van der Waals surface area contributed by atoms with Crippen LogP contribution in [0.15, 0.2) is 36.4 Å². The van der Waals surface area contributed by atoms with E-state index in [4.69, 9.17) is 4.74 Å². The highest BCUT2D eigenvalue weighted by Crippen LogP contribution is 2.19. The molecule has 0 aliphatic carbocycles. The monoisotopic (exact) mass is 440 g/mol. The quantitative estimate of drug-likeness (QED) is 0.224. The van der Waals surface area contributed by atoms with E-state index in [1.807, 2.05) is 24.3 Å². The highest BCUT2D eigenvalue weighted by molar-refractivity contribution is 5.45. The average Bonchev–Trinajstić information content (AvgIpc) is 2.80. The van der Waals surface area contributed by atoms with Crippen LogP contribution in [0.25, 0.3) is 0 Å². The maximum absolute atomic E-state index is 14.4. The van der Waals surface area contributed by atoms with Crippen molar-refractivity contribution in [1.82, 2.24) is 0 Å². The molecule has 32 heavy (non-hydrogen) atoms. The van der Waals surface area contributed by atoms with Crippen molar-refractivity contribution in [1.29, 1.82) is 0 Å². The molecule has 0 heterocycles. The van der Waals surface area contributed by atoms with Crippen molar-refractivity contribution in [2.75, 3.05) is 6.61 Å². The summed E-state index contributed by atoms with van der Waals surface area (Å²) in [6.07, 6.45) is 11.0. The first-order valence-corrected chi connectivity index (χ1v) is 12.3. The fourth-order valence-electron chi connectivity index (χ4n) is 3.66. The maximum Gasteiger partial charge on any atom is 0.174 e. The molecule has 3 heteroatoms. The number of hydrogen-bond donors (Lipinski definition) is 0. The molecular weight excluding hydrogens is 402 g/mol. The van der Waals surface area contributed by atoms with E-state index in [9.17, 15) is 8.78 Å². The third kappa shape index (κ3) is 9.03. The van der Waals surface area contributed by atoms with Crippen molar-refractivity contribution in [2.45, 2.75) is 85.0 Å². The molecule has 0 bridgehead atoms. The summed E-state index contributed by atoms with van der Waals surface area (Å²) < 4.78 is 34.5. The van der Waals surface area contributed by atoms with Gasteiger partial charge in [-0.05, 0) is 61.1 Å². The summed E-state index contributed by atoms with van der Waals surface area (Å²) in [5.41, 5.74) is 1.27. The van der Waals surface area contributed by atoms with Crippen molar-refractivity contribution in [2.24, 2.45) is 5.92 Å². The summed E-state index contributed by atoms with van der Waals surface area (Å²) in [7, 11) is 0. The molecule has 0 aliphatic rings. The van der Waals surface area contributed by atoms with Crippen LogP contribution in [0, 0.1) is 29.4 Å². The van der Waals surface area contributed by atoms with Gasteiger partial charge < -0.3 is 4.74 Å². The summed E-state index contributed by atoms with van der Waals surface area (Å²) in [5, 5.41) is 0. The van der Waals surface area contributed by atoms with Crippen molar-refractivity contribution >= 4 is 0 Å². The number of hydrogen-bond acceptors (Lipinski definition) is 1. The Morgan fingerprint density at radius 2 is 1.50 bits per heavy atom. The fourth-order valence-corrected chi connectivity index (χ4v) is 3.66. The average molecular weight is 441 g/mol. The Morgan fingerprint density at radius 3 is 2.22 bits per heavy atom. The molecule has 2 aromatic carbocycles. The molecule has 0 fully saturated rings. The van der Waals surface area contributed by atoms with Crippen molar-refractivity contribution in [3.8, 4) is 17.6 Å². The van der Waals surface area contributed by atoms with Gasteiger partial charge in [0.05, 0.1) is 12.2 Å². The number of benzene rings is 2. The second-order valence-corrected chi connectivity index (χ2v) is 8.72. The zero-order valence-electron chi connectivity index (χ0n) is 20.0. The fraction of sp³-hybridized carbons (Fsp3) is 0.517. The highest BCUT2D eigenvalue weighted by Gasteiger charge is 2.12. The van der Waals surface area contributed by atoms with E-state index >= 15 is 0 Å². The van der Waals surface area contributed by atoms with E-state index in [1.165, 1.54) is 32.1 Å². The van der Waals surface area contributed by atoms with Crippen LogP contribution >= 0.6 is 0 Å². The molecule has 0 N–H and O–H groups in total. The Bertz CT molecular complexity index is 861. The smallest absolute Gasteiger partial charge is 0.174 e. The Labute approximate surface area is 193 Å². The first-order valence-electron chi connectivity index (χ1n) is 12.3. The van der Waals surface area contributed by atoms with Crippen LogP contribution in [-0.4, -0.2) is 6.61 Å². The lowest BCUT2D eigenvalue weighted by molar-refractivity contribution is 0.277. The largest absolute Gasteiger partial charge is 0.494 e. The molecule has 2 rings (SSSR count). The minimum atomic E-state index is -0.852. The predicted octanol–water partition coefficient (Wildman–Crippen LogP) is 8.47. The Kier molecular flexibility index (Phi) is 11.9. The van der Waals surface area contributed by atoms with Crippen LogP contribution in [0.4, 0.5) is 8.78 Å². The molecule has 0 saturated heterocycles. The van der Waals surface area contributed by atoms with Crippen LogP contribution in [0.3, 0.4) is 0 Å². The van der Waals surface area contributed by atoms with Gasteiger partial charge in [0.25, 0.3) is 0 Å². The minimum Gasteiger partial charge on any atom is -0.494 e. The van der Waals surface area contributed by atoms with Gasteiger partial charge in [-0.15, -0.1) is 0 Å². The van der Waals surface area contributed by atoms with E-state index in [1.54, 1.807) is 12.1 Å². The summed E-state index contributed by atoms with van der Waals surface area (Å²) in [6.45, 7) is 7.31. The first kappa shape index (κ1) is 25.9. The Balaban J connectivity index is 1.85. The standard InChI is InChI=1S/C29H38F2O/c1-4-6-8-10-11-23(3)21-22-32-27-19-14-24(15-20-27)13-16-26-18-17-25(12-9-7-5-2)28(30)29(26)31/h14-15,17-20,23H,4-12,21-22H2,1-3H3. The van der Waals surface area contributed by atoms with E-state index in [2.05, 4.69) is 32.6 Å². The number of rotatable bonds is 13. The molecule has 1 unspecified atom stereocenters. The zero-order chi connectivity index (χ0) is 23.2. The van der Waals surface area contributed by atoms with Gasteiger partial charge in [0.2, 0.25) is 0 Å². The highest BCUT2D eigenvalue weighted by atomic mass is 19.2. The molecule has 0 amide bonds. The molecule has 0 spiro atoms. The summed E-state index contributed by atoms with van der Waals surface area (Å²) in [6, 6.07) is 10.7. The van der Waals surface area contributed by atoms with Crippen LogP contribution in [0.5, 0.6) is 5.75 Å². The topological polar surface area (TPSA) is 9.23 Å². The van der Waals surface area contributed by atoms with Gasteiger partial charge in [0.15, 0.2) is 11.6 Å². The molecule has 174 valence electrons. The van der Waals surface area contributed by atoms with Gasteiger partial charge >= 0.3 is 0 Å². The molecule has 2 aromatic rings. The van der Waals surface area contributed by atoms with Gasteiger partial charge in [-0.2, -0.15) is 0 Å². The molecule has 0 aliphatic heterocycles. The van der Waals surface area contributed by atoms with Crippen molar-refractivity contribution < 1.29 is 13.5 Å². The number of ether oxygens (including phenoxy) is 1. The van der Waals surface area contributed by atoms with Crippen LogP contribution in [0.2, 0.25) is 0 Å². The Morgan fingerprint density at radius 1 is 0.781 bits per heavy atom. The van der Waals surface area contributed by atoms with Crippen molar-refractivity contribution in [3.05, 3.63) is 64.7 Å². The van der Waals surface area contributed by atoms with Gasteiger partial charge in [-0.1, -0.05) is 83.6 Å². The minimum absolute atomic E-state index is 0.0926. The molecular formula is C29H38F2O. The molecule has 0 radical (unpaired) electrons. The lowest BCUT2D eigenvalue weighted by atomic mass is 10.00. The Hall–Kier alpha value is -2.34. The van der Waals surface area contributed by atoms with E-state index in [0.717, 1.165) is 37.0 Å². The maximum atomic E-state index is 14.4. The van der Waals surface area contributed by atoms with E-state index in [-0.39, 0.29) is 5.56 Å². The number of aryl methyl sites for hydroxylation is 1.